The number of benzene rings is 1. The third-order valence-corrected chi connectivity index (χ3v) is 9.59. The number of hydrogen-bond acceptors (Lipinski definition) is 4. The number of carbonyl (C=O) groups is 1. The van der Waals surface area contributed by atoms with Crippen molar-refractivity contribution in [3.8, 4) is 0 Å². The van der Waals surface area contributed by atoms with Gasteiger partial charge in [-0.25, -0.2) is 8.42 Å². The quantitative estimate of drug-likeness (QED) is 0.697. The summed E-state index contributed by atoms with van der Waals surface area (Å²) in [4.78, 5) is 15.8. The molecule has 1 saturated carbocycles. The number of aryl methyl sites for hydroxylation is 1. The summed E-state index contributed by atoms with van der Waals surface area (Å²) in [7, 11) is -3.56. The van der Waals surface area contributed by atoms with E-state index >= 15 is 0 Å². The predicted molar refractivity (Wildman–Crippen MR) is 127 cm³/mol. The first-order valence-electron chi connectivity index (χ1n) is 12.6. The van der Waals surface area contributed by atoms with E-state index in [1.54, 1.807) is 29.4 Å². The molecule has 0 unspecified atom stereocenters. The van der Waals surface area contributed by atoms with Crippen molar-refractivity contribution in [1.82, 2.24) is 14.5 Å². The smallest absolute Gasteiger partial charge is 0.251 e. The highest BCUT2D eigenvalue weighted by molar-refractivity contribution is 7.89. The predicted octanol–water partition coefficient (Wildman–Crippen LogP) is 3.94. The molecule has 3 fully saturated rings. The second kappa shape index (κ2) is 10.7. The van der Waals surface area contributed by atoms with E-state index in [1.165, 1.54) is 38.6 Å². The number of sulfonamides is 1. The minimum Gasteiger partial charge on any atom is -0.349 e. The Morgan fingerprint density at radius 2 is 1.59 bits per heavy atom. The van der Waals surface area contributed by atoms with Crippen LogP contribution in [0.2, 0.25) is 0 Å². The van der Waals surface area contributed by atoms with Gasteiger partial charge in [-0.05, 0) is 69.1 Å². The van der Waals surface area contributed by atoms with E-state index in [2.05, 4.69) is 10.2 Å². The third kappa shape index (κ3) is 5.72. The van der Waals surface area contributed by atoms with Crippen molar-refractivity contribution in [2.24, 2.45) is 5.92 Å². The molecule has 1 aliphatic carbocycles. The summed E-state index contributed by atoms with van der Waals surface area (Å²) in [5, 5.41) is 3.16. The first-order valence-corrected chi connectivity index (χ1v) is 14.0. The molecule has 3 aliphatic rings. The van der Waals surface area contributed by atoms with Crippen molar-refractivity contribution < 1.29 is 13.2 Å². The minimum absolute atomic E-state index is 0.161. The Kier molecular flexibility index (Phi) is 7.90. The summed E-state index contributed by atoms with van der Waals surface area (Å²) in [5.74, 6) is 0.688. The highest BCUT2D eigenvalue weighted by Gasteiger charge is 2.29. The molecular formula is C25H39N3O3S. The van der Waals surface area contributed by atoms with Crippen LogP contribution in [0.25, 0.3) is 0 Å². The molecule has 1 aromatic rings. The van der Waals surface area contributed by atoms with Crippen LogP contribution in [0.5, 0.6) is 0 Å². The van der Waals surface area contributed by atoms with Crippen LogP contribution in [0.3, 0.4) is 0 Å². The molecule has 4 rings (SSSR count). The Morgan fingerprint density at radius 3 is 2.28 bits per heavy atom. The van der Waals surface area contributed by atoms with E-state index in [9.17, 15) is 13.2 Å². The molecule has 0 bridgehead atoms. The maximum absolute atomic E-state index is 13.2. The number of nitrogens with zero attached hydrogens (tertiary/aromatic N) is 2. The van der Waals surface area contributed by atoms with Crippen molar-refractivity contribution >= 4 is 15.9 Å². The largest absolute Gasteiger partial charge is 0.349 e. The monoisotopic (exact) mass is 461 g/mol. The zero-order chi connectivity index (χ0) is 22.6. The fraction of sp³-hybridized carbons (Fsp3) is 0.720. The van der Waals surface area contributed by atoms with Crippen LogP contribution in [0.4, 0.5) is 0 Å². The molecule has 178 valence electrons. The van der Waals surface area contributed by atoms with Gasteiger partial charge in [-0.1, -0.05) is 31.7 Å². The SMILES string of the molecule is Cc1ccc(C(=O)NC2CCN(CC3CCCCC3)CC2)cc1S(=O)(=O)N1CCCCC1. The fourth-order valence-electron chi connectivity index (χ4n) is 5.53. The Labute approximate surface area is 193 Å². The number of rotatable bonds is 6. The normalized spacial score (nSPS) is 22.7. The molecule has 0 radical (unpaired) electrons. The fourth-order valence-corrected chi connectivity index (χ4v) is 7.29. The van der Waals surface area contributed by atoms with Crippen molar-refractivity contribution in [3.63, 3.8) is 0 Å². The molecule has 0 spiro atoms. The zero-order valence-electron chi connectivity index (χ0n) is 19.5. The van der Waals surface area contributed by atoms with Gasteiger partial charge in [0, 0.05) is 44.3 Å². The van der Waals surface area contributed by atoms with E-state index in [4.69, 9.17) is 0 Å². The highest BCUT2D eigenvalue weighted by Crippen LogP contribution is 2.26. The van der Waals surface area contributed by atoms with Crippen LogP contribution in [-0.2, 0) is 10.0 Å². The van der Waals surface area contributed by atoms with Gasteiger partial charge in [0.1, 0.15) is 0 Å². The molecule has 0 atom stereocenters. The molecule has 2 aliphatic heterocycles. The molecule has 6 nitrogen and oxygen atoms in total. The van der Waals surface area contributed by atoms with E-state index in [1.807, 2.05) is 0 Å². The Morgan fingerprint density at radius 1 is 0.938 bits per heavy atom. The molecule has 1 amide bonds. The van der Waals surface area contributed by atoms with Crippen LogP contribution in [0.1, 0.15) is 80.1 Å². The lowest BCUT2D eigenvalue weighted by Crippen LogP contribution is -2.46. The maximum Gasteiger partial charge on any atom is 0.251 e. The topological polar surface area (TPSA) is 69.7 Å². The summed E-state index contributed by atoms with van der Waals surface area (Å²) < 4.78 is 27.9. The first-order chi connectivity index (χ1) is 15.4. The summed E-state index contributed by atoms with van der Waals surface area (Å²) >= 11 is 0. The third-order valence-electron chi connectivity index (χ3n) is 7.55. The lowest BCUT2D eigenvalue weighted by atomic mass is 9.88. The van der Waals surface area contributed by atoms with E-state index in [0.717, 1.165) is 51.1 Å². The van der Waals surface area contributed by atoms with E-state index in [0.29, 0.717) is 24.2 Å². The summed E-state index contributed by atoms with van der Waals surface area (Å²) in [6, 6.07) is 5.25. The lowest BCUT2D eigenvalue weighted by Gasteiger charge is -2.35. The Balaban J connectivity index is 1.34. The second-order valence-electron chi connectivity index (χ2n) is 10.00. The number of carbonyl (C=O) groups excluding carboxylic acids is 1. The van der Waals surface area contributed by atoms with Crippen molar-refractivity contribution in [2.75, 3.05) is 32.7 Å². The molecule has 0 aromatic heterocycles. The number of nitrogens with one attached hydrogen (secondary N) is 1. The summed E-state index contributed by atoms with van der Waals surface area (Å²) in [6.45, 7) is 6.21. The molecule has 1 N–H and O–H groups in total. The number of hydrogen-bond donors (Lipinski definition) is 1. The Hall–Kier alpha value is -1.44. The van der Waals surface area contributed by atoms with Crippen LogP contribution >= 0.6 is 0 Å². The minimum atomic E-state index is -3.56. The standard InChI is InChI=1S/C25H39N3O3S/c1-20-10-11-22(18-24(20)32(30,31)28-14-6-3-7-15-28)25(29)26-23-12-16-27(17-13-23)19-21-8-4-2-5-9-21/h10-11,18,21,23H,2-9,12-17,19H2,1H3,(H,26,29). The first kappa shape index (κ1) is 23.7. The van der Waals surface area contributed by atoms with Gasteiger partial charge in [-0.3, -0.25) is 4.79 Å². The number of likely N-dealkylation sites (tertiary alicyclic amines) is 1. The van der Waals surface area contributed by atoms with Gasteiger partial charge in [-0.2, -0.15) is 4.31 Å². The van der Waals surface area contributed by atoms with E-state index < -0.39 is 10.0 Å². The Bertz CT molecular complexity index is 882. The molecule has 2 saturated heterocycles. The van der Waals surface area contributed by atoms with Crippen LogP contribution in [0.15, 0.2) is 23.1 Å². The van der Waals surface area contributed by atoms with Gasteiger partial charge in [-0.15, -0.1) is 0 Å². The zero-order valence-corrected chi connectivity index (χ0v) is 20.3. The average Bonchev–Trinajstić information content (AvgIpc) is 2.82. The molecule has 7 heteroatoms. The average molecular weight is 462 g/mol. The van der Waals surface area contributed by atoms with Gasteiger partial charge in [0.15, 0.2) is 0 Å². The lowest BCUT2D eigenvalue weighted by molar-refractivity contribution is 0.0901. The maximum atomic E-state index is 13.2. The highest BCUT2D eigenvalue weighted by atomic mass is 32.2. The van der Waals surface area contributed by atoms with Gasteiger partial charge in [0.25, 0.3) is 5.91 Å². The van der Waals surface area contributed by atoms with Crippen molar-refractivity contribution in [3.05, 3.63) is 29.3 Å². The summed E-state index contributed by atoms with van der Waals surface area (Å²) in [5.41, 5.74) is 1.14. The molecule has 1 aromatic carbocycles. The number of piperidine rings is 2. The van der Waals surface area contributed by atoms with Crippen molar-refractivity contribution in [1.29, 1.82) is 0 Å². The van der Waals surface area contributed by atoms with Crippen molar-refractivity contribution in [2.45, 2.75) is 82.1 Å². The van der Waals surface area contributed by atoms with Gasteiger partial charge < -0.3 is 10.2 Å². The van der Waals surface area contributed by atoms with Gasteiger partial charge in [0.05, 0.1) is 4.90 Å². The molecular weight excluding hydrogens is 422 g/mol. The molecule has 2 heterocycles. The van der Waals surface area contributed by atoms with Crippen LogP contribution < -0.4 is 5.32 Å². The van der Waals surface area contributed by atoms with Crippen LogP contribution in [-0.4, -0.2) is 62.3 Å². The number of amides is 1. The van der Waals surface area contributed by atoms with Crippen LogP contribution in [0, 0.1) is 12.8 Å². The second-order valence-corrected chi connectivity index (χ2v) is 11.9. The molecule has 32 heavy (non-hydrogen) atoms. The summed E-state index contributed by atoms with van der Waals surface area (Å²) in [6.07, 6.45) is 11.7. The van der Waals surface area contributed by atoms with Gasteiger partial charge >= 0.3 is 0 Å². The van der Waals surface area contributed by atoms with Gasteiger partial charge in [0.2, 0.25) is 10.0 Å². The van der Waals surface area contributed by atoms with E-state index in [-0.39, 0.29) is 16.8 Å².